The zero-order valence-electron chi connectivity index (χ0n) is 13.8. The minimum Gasteiger partial charge on any atom is -0.481 e. The number of rotatable bonds is 4. The van der Waals surface area contributed by atoms with Crippen molar-refractivity contribution in [3.05, 3.63) is 39.9 Å². The summed E-state index contributed by atoms with van der Waals surface area (Å²) in [5, 5.41) is 20.6. The Kier molecular flexibility index (Phi) is 4.50. The summed E-state index contributed by atoms with van der Waals surface area (Å²) in [6.07, 6.45) is -0.597. The molecule has 0 bridgehead atoms. The first kappa shape index (κ1) is 17.7. The molecule has 0 atom stereocenters. The second kappa shape index (κ2) is 6.10. The molecule has 1 aromatic rings. The lowest BCUT2D eigenvalue weighted by molar-refractivity contribution is -0.385. The van der Waals surface area contributed by atoms with Crippen molar-refractivity contribution in [1.82, 2.24) is 4.90 Å². The van der Waals surface area contributed by atoms with Crippen LogP contribution in [-0.4, -0.2) is 45.7 Å². The highest BCUT2D eigenvalue weighted by Crippen LogP contribution is 2.37. The predicted octanol–water partition coefficient (Wildman–Crippen LogP) is 2.46. The second-order valence-corrected chi connectivity index (χ2v) is 6.98. The van der Waals surface area contributed by atoms with Gasteiger partial charge in [-0.15, -0.1) is 0 Å². The third-order valence-electron chi connectivity index (χ3n) is 3.81. The van der Waals surface area contributed by atoms with E-state index in [-0.39, 0.29) is 25.2 Å². The van der Waals surface area contributed by atoms with Crippen LogP contribution in [0, 0.1) is 15.5 Å². The molecule has 1 fully saturated rings. The fourth-order valence-corrected chi connectivity index (χ4v) is 2.67. The van der Waals surface area contributed by atoms with Crippen LogP contribution in [-0.2, 0) is 16.0 Å². The second-order valence-electron chi connectivity index (χ2n) is 6.98. The number of carboxylic acid groups (broad SMARTS) is 1. The third kappa shape index (κ3) is 3.64. The molecule has 1 saturated heterocycles. The molecule has 1 heterocycles. The van der Waals surface area contributed by atoms with Gasteiger partial charge in [0.05, 0.1) is 4.92 Å². The molecule has 0 unspecified atom stereocenters. The molecule has 1 N–H and O–H groups in total. The van der Waals surface area contributed by atoms with E-state index in [0.29, 0.717) is 5.56 Å². The summed E-state index contributed by atoms with van der Waals surface area (Å²) in [6, 6.07) is 6.04. The van der Waals surface area contributed by atoms with Gasteiger partial charge in [-0.3, -0.25) is 14.9 Å². The highest BCUT2D eigenvalue weighted by Gasteiger charge is 2.53. The highest BCUT2D eigenvalue weighted by atomic mass is 16.6. The average molecular weight is 336 g/mol. The summed E-state index contributed by atoms with van der Waals surface area (Å²) in [6.45, 7) is 5.10. The fourth-order valence-electron chi connectivity index (χ4n) is 2.67. The minimum atomic E-state index is -1.23. The zero-order chi connectivity index (χ0) is 18.1. The van der Waals surface area contributed by atoms with Gasteiger partial charge in [-0.2, -0.15) is 0 Å². The van der Waals surface area contributed by atoms with Crippen LogP contribution in [0.3, 0.4) is 0 Å². The number of likely N-dealkylation sites (tertiary alicyclic amines) is 1. The van der Waals surface area contributed by atoms with Crippen LogP contribution in [0.4, 0.5) is 10.5 Å². The zero-order valence-corrected chi connectivity index (χ0v) is 13.8. The maximum Gasteiger partial charge on any atom is 0.410 e. The molecule has 8 nitrogen and oxygen atoms in total. The molecule has 0 saturated carbocycles. The average Bonchev–Trinajstić information content (AvgIpc) is 2.40. The minimum absolute atomic E-state index is 0.0151. The number of hydrogen-bond donors (Lipinski definition) is 1. The molecular weight excluding hydrogens is 316 g/mol. The standard InChI is InChI=1S/C16H20N2O6/c1-15(2,3)24-14(21)17-9-16(10-17,13(19)20)8-11-6-4-5-7-12(11)18(22)23/h4-7H,8-10H2,1-3H3,(H,19,20). The van der Waals surface area contributed by atoms with E-state index < -0.39 is 28.0 Å². The Morgan fingerprint density at radius 2 is 1.92 bits per heavy atom. The Hall–Kier alpha value is -2.64. The Morgan fingerprint density at radius 3 is 2.42 bits per heavy atom. The first-order valence-electron chi connectivity index (χ1n) is 7.48. The van der Waals surface area contributed by atoms with E-state index in [1.165, 1.54) is 17.0 Å². The molecule has 1 aromatic carbocycles. The topological polar surface area (TPSA) is 110 Å². The van der Waals surface area contributed by atoms with Crippen LogP contribution in [0.15, 0.2) is 24.3 Å². The molecular formula is C16H20N2O6. The number of carbonyl (C=O) groups is 2. The van der Waals surface area contributed by atoms with Gasteiger partial charge in [0.1, 0.15) is 11.0 Å². The molecule has 2 rings (SSSR count). The molecule has 24 heavy (non-hydrogen) atoms. The van der Waals surface area contributed by atoms with E-state index in [0.717, 1.165) is 0 Å². The number of carboxylic acids is 1. The van der Waals surface area contributed by atoms with E-state index in [1.807, 2.05) is 0 Å². The molecule has 1 aliphatic heterocycles. The maximum atomic E-state index is 12.0. The Bertz CT molecular complexity index is 673. The first-order valence-corrected chi connectivity index (χ1v) is 7.48. The first-order chi connectivity index (χ1) is 11.0. The van der Waals surface area contributed by atoms with Crippen molar-refractivity contribution in [2.75, 3.05) is 13.1 Å². The van der Waals surface area contributed by atoms with Gasteiger partial charge in [0.2, 0.25) is 0 Å². The largest absolute Gasteiger partial charge is 0.481 e. The molecule has 130 valence electrons. The van der Waals surface area contributed by atoms with Crippen molar-refractivity contribution < 1.29 is 24.4 Å². The van der Waals surface area contributed by atoms with Crippen molar-refractivity contribution in [3.63, 3.8) is 0 Å². The number of ether oxygens (including phenoxy) is 1. The monoisotopic (exact) mass is 336 g/mol. The number of benzene rings is 1. The Labute approximate surface area is 139 Å². The maximum absolute atomic E-state index is 12.0. The van der Waals surface area contributed by atoms with Crippen LogP contribution >= 0.6 is 0 Å². The van der Waals surface area contributed by atoms with Gasteiger partial charge in [0.15, 0.2) is 0 Å². The predicted molar refractivity (Wildman–Crippen MR) is 84.7 cm³/mol. The summed E-state index contributed by atoms with van der Waals surface area (Å²) in [4.78, 5) is 35.5. The van der Waals surface area contributed by atoms with Gasteiger partial charge in [-0.05, 0) is 27.2 Å². The van der Waals surface area contributed by atoms with E-state index in [1.54, 1.807) is 32.9 Å². The number of aliphatic carboxylic acids is 1. The van der Waals surface area contributed by atoms with Gasteiger partial charge in [0, 0.05) is 24.7 Å². The van der Waals surface area contributed by atoms with Crippen molar-refractivity contribution in [1.29, 1.82) is 0 Å². The lowest BCUT2D eigenvalue weighted by Crippen LogP contribution is -2.63. The number of para-hydroxylation sites is 1. The molecule has 0 spiro atoms. The Morgan fingerprint density at radius 1 is 1.33 bits per heavy atom. The highest BCUT2D eigenvalue weighted by molar-refractivity contribution is 5.81. The van der Waals surface area contributed by atoms with Crippen LogP contribution in [0.5, 0.6) is 0 Å². The van der Waals surface area contributed by atoms with E-state index in [4.69, 9.17) is 4.74 Å². The summed E-state index contributed by atoms with van der Waals surface area (Å²) in [7, 11) is 0. The SMILES string of the molecule is CC(C)(C)OC(=O)N1CC(Cc2ccccc2[N+](=O)[O-])(C(=O)O)C1. The number of carbonyl (C=O) groups excluding carboxylic acids is 1. The van der Waals surface area contributed by atoms with Crippen molar-refractivity contribution >= 4 is 17.7 Å². The quantitative estimate of drug-likeness (QED) is 0.668. The molecule has 0 radical (unpaired) electrons. The number of nitro benzene ring substituents is 1. The molecule has 1 aliphatic rings. The molecule has 0 aromatic heterocycles. The van der Waals surface area contributed by atoms with Crippen LogP contribution in [0.2, 0.25) is 0 Å². The summed E-state index contributed by atoms with van der Waals surface area (Å²) in [5.41, 5.74) is -1.68. The number of nitro groups is 1. The van der Waals surface area contributed by atoms with Crippen molar-refractivity contribution in [2.45, 2.75) is 32.8 Å². The molecule has 1 amide bonds. The van der Waals surface area contributed by atoms with Crippen LogP contribution in [0.25, 0.3) is 0 Å². The van der Waals surface area contributed by atoms with Crippen molar-refractivity contribution in [2.24, 2.45) is 5.41 Å². The summed E-state index contributed by atoms with van der Waals surface area (Å²) < 4.78 is 5.21. The number of amides is 1. The number of nitrogens with zero attached hydrogens (tertiary/aromatic N) is 2. The van der Waals surface area contributed by atoms with Gasteiger partial charge in [-0.25, -0.2) is 4.79 Å². The Balaban J connectivity index is 2.15. The molecule has 8 heteroatoms. The summed E-state index contributed by atoms with van der Waals surface area (Å²) in [5.74, 6) is -1.08. The smallest absolute Gasteiger partial charge is 0.410 e. The lowest BCUT2D eigenvalue weighted by atomic mass is 9.74. The van der Waals surface area contributed by atoms with E-state index in [2.05, 4.69) is 0 Å². The summed E-state index contributed by atoms with van der Waals surface area (Å²) >= 11 is 0. The third-order valence-corrected chi connectivity index (χ3v) is 3.81. The molecule has 0 aliphatic carbocycles. The lowest BCUT2D eigenvalue weighted by Gasteiger charge is -2.47. The number of hydrogen-bond acceptors (Lipinski definition) is 5. The van der Waals surface area contributed by atoms with Gasteiger partial charge >= 0.3 is 12.1 Å². The van der Waals surface area contributed by atoms with Crippen LogP contribution in [0.1, 0.15) is 26.3 Å². The van der Waals surface area contributed by atoms with E-state index in [9.17, 15) is 24.8 Å². The van der Waals surface area contributed by atoms with Gasteiger partial charge in [0.25, 0.3) is 5.69 Å². The van der Waals surface area contributed by atoms with Crippen LogP contribution < -0.4 is 0 Å². The van der Waals surface area contributed by atoms with Crippen molar-refractivity contribution in [3.8, 4) is 0 Å². The van der Waals surface area contributed by atoms with E-state index >= 15 is 0 Å². The normalized spacial score (nSPS) is 16.2. The fraction of sp³-hybridized carbons (Fsp3) is 0.500. The van der Waals surface area contributed by atoms with Gasteiger partial charge in [-0.1, -0.05) is 18.2 Å². The van der Waals surface area contributed by atoms with Gasteiger partial charge < -0.3 is 14.7 Å².